The second-order valence-electron chi connectivity index (χ2n) is 6.14. The van der Waals surface area contributed by atoms with Crippen molar-refractivity contribution in [1.82, 2.24) is 25.4 Å². The Kier molecular flexibility index (Phi) is 4.69. The molecule has 138 valence electrons. The minimum absolute atomic E-state index is 0.133. The first kappa shape index (κ1) is 17.4. The Morgan fingerprint density at radius 2 is 2.19 bits per heavy atom. The number of nitrogens with one attached hydrogen (secondary N) is 2. The Labute approximate surface area is 158 Å². The van der Waals surface area contributed by atoms with Gasteiger partial charge in [-0.2, -0.15) is 5.10 Å². The van der Waals surface area contributed by atoms with Crippen molar-refractivity contribution < 1.29 is 14.7 Å². The first-order valence-corrected chi connectivity index (χ1v) is 9.30. The minimum atomic E-state index is -0.738. The van der Waals surface area contributed by atoms with Gasteiger partial charge in [-0.05, 0) is 0 Å². The molecule has 3 N–H and O–H groups in total. The van der Waals surface area contributed by atoms with E-state index in [1.807, 2.05) is 35.7 Å². The number of β-amino-alcohol motifs (C(OH)–C–C–N with tert-alkyl or cyclic N) is 1. The summed E-state index contributed by atoms with van der Waals surface area (Å²) in [5, 5.41) is 22.0. The number of thiazole rings is 1. The maximum Gasteiger partial charge on any atom is 0.272 e. The fourth-order valence-corrected chi connectivity index (χ4v) is 3.54. The molecular weight excluding hydrogens is 366 g/mol. The van der Waals surface area contributed by atoms with Crippen LogP contribution >= 0.6 is 11.3 Å². The molecule has 1 atom stereocenters. The van der Waals surface area contributed by atoms with Crippen molar-refractivity contribution in [2.75, 3.05) is 6.54 Å². The van der Waals surface area contributed by atoms with E-state index < -0.39 is 12.0 Å². The van der Waals surface area contributed by atoms with Crippen molar-refractivity contribution in [2.45, 2.75) is 19.2 Å². The summed E-state index contributed by atoms with van der Waals surface area (Å²) in [7, 11) is 0. The molecule has 1 aliphatic heterocycles. The number of aliphatic hydroxyl groups excluding tert-OH is 1. The number of carbonyl (C=O) groups is 2. The molecule has 27 heavy (non-hydrogen) atoms. The number of nitrogens with zero attached hydrogens (tertiary/aromatic N) is 3. The van der Waals surface area contributed by atoms with Crippen LogP contribution in [0, 0.1) is 0 Å². The third kappa shape index (κ3) is 3.74. The van der Waals surface area contributed by atoms with Gasteiger partial charge in [0.1, 0.15) is 10.7 Å². The zero-order valence-corrected chi connectivity index (χ0v) is 15.1. The van der Waals surface area contributed by atoms with E-state index in [1.165, 1.54) is 22.1 Å². The first-order valence-electron chi connectivity index (χ1n) is 8.42. The molecule has 2 aromatic heterocycles. The molecule has 1 aromatic carbocycles. The summed E-state index contributed by atoms with van der Waals surface area (Å²) in [6.45, 7) is 0.596. The Balaban J connectivity index is 1.43. The summed E-state index contributed by atoms with van der Waals surface area (Å²) in [5.74, 6) is -0.750. The molecule has 0 saturated heterocycles. The van der Waals surface area contributed by atoms with Crippen LogP contribution in [0.25, 0.3) is 11.3 Å². The van der Waals surface area contributed by atoms with Gasteiger partial charge in [-0.15, -0.1) is 11.3 Å². The monoisotopic (exact) mass is 383 g/mol. The lowest BCUT2D eigenvalue weighted by Crippen LogP contribution is -2.30. The Morgan fingerprint density at radius 1 is 1.37 bits per heavy atom. The molecule has 8 nitrogen and oxygen atoms in total. The second kappa shape index (κ2) is 7.29. The molecule has 4 rings (SSSR count). The Morgan fingerprint density at radius 3 is 3.00 bits per heavy atom. The normalized spacial score (nSPS) is 16.3. The van der Waals surface area contributed by atoms with Crippen molar-refractivity contribution in [2.24, 2.45) is 0 Å². The van der Waals surface area contributed by atoms with Gasteiger partial charge >= 0.3 is 0 Å². The summed E-state index contributed by atoms with van der Waals surface area (Å²) in [5.41, 5.74) is 2.28. The van der Waals surface area contributed by atoms with Crippen molar-refractivity contribution in [1.29, 1.82) is 0 Å². The maximum atomic E-state index is 12.4. The summed E-state index contributed by atoms with van der Waals surface area (Å²) in [6.07, 6.45) is -0.738. The Hall–Kier alpha value is -3.04. The van der Waals surface area contributed by atoms with Crippen LogP contribution in [0.2, 0.25) is 0 Å². The number of hydrogen-bond donors (Lipinski definition) is 3. The lowest BCUT2D eigenvalue weighted by molar-refractivity contribution is 0.0931. The van der Waals surface area contributed by atoms with Crippen LogP contribution in [0.5, 0.6) is 0 Å². The fourth-order valence-electron chi connectivity index (χ4n) is 2.79. The number of hydrogen-bond acceptors (Lipinski definition) is 6. The second-order valence-corrected chi connectivity index (χ2v) is 7.08. The average Bonchev–Trinajstić information content (AvgIpc) is 3.30. The van der Waals surface area contributed by atoms with Crippen molar-refractivity contribution in [3.05, 3.63) is 58.2 Å². The average molecular weight is 383 g/mol. The molecule has 3 aromatic rings. The number of benzene rings is 1. The third-order valence-corrected chi connectivity index (χ3v) is 5.00. The predicted molar refractivity (Wildman–Crippen MR) is 99.3 cm³/mol. The van der Waals surface area contributed by atoms with Crippen LogP contribution in [-0.2, 0) is 13.1 Å². The number of fused-ring (bicyclic) bond motifs is 1. The summed E-state index contributed by atoms with van der Waals surface area (Å²) < 4.78 is 1.36. The molecule has 3 heterocycles. The van der Waals surface area contributed by atoms with Gasteiger partial charge in [0.25, 0.3) is 11.8 Å². The molecular formula is C18H17N5O3S. The maximum absolute atomic E-state index is 12.4. The highest BCUT2D eigenvalue weighted by Gasteiger charge is 2.24. The zero-order chi connectivity index (χ0) is 18.8. The van der Waals surface area contributed by atoms with E-state index in [4.69, 9.17) is 0 Å². The van der Waals surface area contributed by atoms with Crippen LogP contribution in [0.4, 0.5) is 0 Å². The highest BCUT2D eigenvalue weighted by Crippen LogP contribution is 2.21. The van der Waals surface area contributed by atoms with Crippen molar-refractivity contribution in [3.8, 4) is 11.3 Å². The molecule has 9 heteroatoms. The molecule has 0 saturated carbocycles. The number of aliphatic hydroxyl groups is 1. The molecule has 0 bridgehead atoms. The highest BCUT2D eigenvalue weighted by molar-refractivity contribution is 7.09. The van der Waals surface area contributed by atoms with Gasteiger partial charge in [0.2, 0.25) is 0 Å². The predicted octanol–water partition coefficient (Wildman–Crippen LogP) is 1.04. The highest BCUT2D eigenvalue weighted by atomic mass is 32.1. The molecule has 0 radical (unpaired) electrons. The third-order valence-electron chi connectivity index (χ3n) is 4.15. The summed E-state index contributed by atoms with van der Waals surface area (Å²) in [4.78, 5) is 28.9. The first-order chi connectivity index (χ1) is 13.1. The largest absolute Gasteiger partial charge is 0.389 e. The zero-order valence-electron chi connectivity index (χ0n) is 14.3. The van der Waals surface area contributed by atoms with Gasteiger partial charge in [0.05, 0.1) is 24.9 Å². The van der Waals surface area contributed by atoms with Crippen LogP contribution in [-0.4, -0.2) is 44.3 Å². The number of amides is 2. The van der Waals surface area contributed by atoms with E-state index in [0.717, 1.165) is 16.3 Å². The molecule has 1 aliphatic rings. The van der Waals surface area contributed by atoms with E-state index >= 15 is 0 Å². The smallest absolute Gasteiger partial charge is 0.272 e. The Bertz CT molecular complexity index is 982. The van der Waals surface area contributed by atoms with Crippen LogP contribution in [0.15, 0.2) is 41.8 Å². The van der Waals surface area contributed by atoms with Gasteiger partial charge in [0.15, 0.2) is 5.69 Å². The standard InChI is InChI=1S/C18H17N5O3S/c24-12-7-19-18(26)15-6-13(22-23(15)9-12)17(25)20-8-16-21-14(10-27-16)11-4-2-1-3-5-11/h1-6,10,12,24H,7-9H2,(H,19,26)(H,20,25)/t12-/m1/s1. The molecule has 0 fully saturated rings. The molecule has 0 aliphatic carbocycles. The quantitative estimate of drug-likeness (QED) is 0.624. The number of carbonyl (C=O) groups excluding carboxylic acids is 2. The molecule has 2 amide bonds. The van der Waals surface area contributed by atoms with E-state index in [9.17, 15) is 14.7 Å². The van der Waals surface area contributed by atoms with E-state index in [-0.39, 0.29) is 36.9 Å². The summed E-state index contributed by atoms with van der Waals surface area (Å²) >= 11 is 1.46. The van der Waals surface area contributed by atoms with Gasteiger partial charge in [0, 0.05) is 23.6 Å². The van der Waals surface area contributed by atoms with Gasteiger partial charge in [-0.25, -0.2) is 4.98 Å². The van der Waals surface area contributed by atoms with Crippen LogP contribution < -0.4 is 10.6 Å². The minimum Gasteiger partial charge on any atom is -0.389 e. The fraction of sp³-hybridized carbons (Fsp3) is 0.222. The van der Waals surface area contributed by atoms with Crippen molar-refractivity contribution in [3.63, 3.8) is 0 Å². The van der Waals surface area contributed by atoms with Gasteiger partial charge < -0.3 is 15.7 Å². The van der Waals surface area contributed by atoms with E-state index in [0.29, 0.717) is 0 Å². The van der Waals surface area contributed by atoms with E-state index in [2.05, 4.69) is 20.7 Å². The van der Waals surface area contributed by atoms with Crippen LogP contribution in [0.3, 0.4) is 0 Å². The van der Waals surface area contributed by atoms with Gasteiger partial charge in [-0.1, -0.05) is 30.3 Å². The SMILES string of the molecule is O=C(NCc1nc(-c2ccccc2)cs1)c1cc2n(n1)C[C@H](O)CNC2=O. The summed E-state index contributed by atoms with van der Waals surface area (Å²) in [6, 6.07) is 11.2. The van der Waals surface area contributed by atoms with Crippen molar-refractivity contribution >= 4 is 23.2 Å². The number of rotatable bonds is 4. The van der Waals surface area contributed by atoms with Crippen LogP contribution in [0.1, 0.15) is 26.0 Å². The van der Waals surface area contributed by atoms with Gasteiger partial charge in [-0.3, -0.25) is 14.3 Å². The topological polar surface area (TPSA) is 109 Å². The molecule has 0 spiro atoms. The lowest BCUT2D eigenvalue weighted by atomic mass is 10.2. The number of aromatic nitrogens is 3. The lowest BCUT2D eigenvalue weighted by Gasteiger charge is -2.06. The van der Waals surface area contributed by atoms with E-state index in [1.54, 1.807) is 0 Å². The molecule has 0 unspecified atom stereocenters.